The summed E-state index contributed by atoms with van der Waals surface area (Å²) in [6.45, 7) is 6.55. The van der Waals surface area contributed by atoms with Crippen LogP contribution in [0.1, 0.15) is 42.3 Å². The zero-order valence-corrected chi connectivity index (χ0v) is 24.1. The molecule has 0 fully saturated rings. The third-order valence-corrected chi connectivity index (χ3v) is 7.00. The number of hydrogen-bond acceptors (Lipinski definition) is 7. The van der Waals surface area contributed by atoms with Crippen LogP contribution < -0.4 is 24.5 Å². The molecule has 0 bridgehead atoms. The number of allylic oxidation sites excluding steroid dienone is 1. The number of methoxy groups -OCH3 is 1. The highest BCUT2D eigenvalue weighted by atomic mass is 79.9. The minimum atomic E-state index is -0.212. The van der Waals surface area contributed by atoms with Gasteiger partial charge in [0.2, 0.25) is 6.79 Å². The summed E-state index contributed by atoms with van der Waals surface area (Å²) in [4.78, 5) is 18.2. The summed E-state index contributed by atoms with van der Waals surface area (Å²) in [7, 11) is 1.60. The number of fused-ring (bicyclic) bond motifs is 2. The Kier molecular flexibility index (Phi) is 8.50. The summed E-state index contributed by atoms with van der Waals surface area (Å²) >= 11 is 3.45. The smallest absolute Gasteiger partial charge is 0.282 e. The first-order valence-corrected chi connectivity index (χ1v) is 13.9. The van der Waals surface area contributed by atoms with Crippen LogP contribution in [0, 0.1) is 0 Å². The SMILES string of the molecule is C=CCc1cc(C=Nn2c(CCCC)nc3ccc(Br)cc3c2=O)cc(OC)c1OCc1ccc2c(c1)OCO2. The lowest BCUT2D eigenvalue weighted by atomic mass is 10.1. The number of aromatic nitrogens is 2. The van der Waals surface area contributed by atoms with Crippen molar-refractivity contribution in [1.29, 1.82) is 0 Å². The van der Waals surface area contributed by atoms with Gasteiger partial charge in [0.05, 0.1) is 24.2 Å². The molecule has 8 nitrogen and oxygen atoms in total. The Labute approximate surface area is 241 Å². The lowest BCUT2D eigenvalue weighted by Crippen LogP contribution is -2.22. The zero-order chi connectivity index (χ0) is 28.1. The number of hydrogen-bond donors (Lipinski definition) is 0. The summed E-state index contributed by atoms with van der Waals surface area (Å²) in [5.74, 6) is 3.23. The van der Waals surface area contributed by atoms with Crippen molar-refractivity contribution >= 4 is 33.0 Å². The largest absolute Gasteiger partial charge is 0.493 e. The Bertz CT molecular complexity index is 1650. The van der Waals surface area contributed by atoms with Crippen LogP contribution in [0.25, 0.3) is 10.9 Å². The minimum absolute atomic E-state index is 0.212. The molecule has 0 saturated heterocycles. The third-order valence-electron chi connectivity index (χ3n) is 6.51. The van der Waals surface area contributed by atoms with Gasteiger partial charge in [-0.2, -0.15) is 9.78 Å². The molecule has 40 heavy (non-hydrogen) atoms. The van der Waals surface area contributed by atoms with Crippen LogP contribution >= 0.6 is 15.9 Å². The predicted octanol–water partition coefficient (Wildman–Crippen LogP) is 6.43. The van der Waals surface area contributed by atoms with Crippen molar-refractivity contribution < 1.29 is 18.9 Å². The molecule has 9 heteroatoms. The van der Waals surface area contributed by atoms with E-state index in [0.29, 0.717) is 53.4 Å². The Balaban J connectivity index is 1.48. The number of ether oxygens (including phenoxy) is 4. The van der Waals surface area contributed by atoms with Crippen molar-refractivity contribution in [3.05, 3.63) is 98.5 Å². The van der Waals surface area contributed by atoms with Crippen molar-refractivity contribution in [2.24, 2.45) is 5.10 Å². The van der Waals surface area contributed by atoms with Gasteiger partial charge in [0.25, 0.3) is 5.56 Å². The van der Waals surface area contributed by atoms with E-state index >= 15 is 0 Å². The van der Waals surface area contributed by atoms with E-state index in [1.54, 1.807) is 19.4 Å². The molecule has 5 rings (SSSR count). The van der Waals surface area contributed by atoms with Crippen LogP contribution in [-0.4, -0.2) is 29.8 Å². The van der Waals surface area contributed by atoms with Gasteiger partial charge in [-0.05, 0) is 66.4 Å². The lowest BCUT2D eigenvalue weighted by molar-refractivity contribution is 0.174. The van der Waals surface area contributed by atoms with Crippen molar-refractivity contribution in [1.82, 2.24) is 9.66 Å². The van der Waals surface area contributed by atoms with Gasteiger partial charge in [-0.1, -0.05) is 41.4 Å². The molecule has 1 aliphatic rings. The number of unbranched alkanes of at least 4 members (excludes halogenated alkanes) is 1. The molecule has 0 aliphatic carbocycles. The Morgan fingerprint density at radius 2 is 2.00 bits per heavy atom. The fraction of sp³-hybridized carbons (Fsp3) is 0.258. The maximum Gasteiger partial charge on any atom is 0.282 e. The van der Waals surface area contributed by atoms with Crippen LogP contribution in [0.5, 0.6) is 23.0 Å². The first-order valence-electron chi connectivity index (χ1n) is 13.1. The van der Waals surface area contributed by atoms with E-state index in [0.717, 1.165) is 39.8 Å². The second-order valence-electron chi connectivity index (χ2n) is 9.34. The maximum atomic E-state index is 13.4. The summed E-state index contributed by atoms with van der Waals surface area (Å²) in [5.41, 5.74) is 3.03. The molecule has 0 unspecified atom stereocenters. The van der Waals surface area contributed by atoms with Gasteiger partial charge in [-0.3, -0.25) is 4.79 Å². The molecule has 0 N–H and O–H groups in total. The molecule has 1 aliphatic heterocycles. The number of nitrogens with zero attached hydrogens (tertiary/aromatic N) is 3. The second-order valence-corrected chi connectivity index (χ2v) is 10.3. The highest BCUT2D eigenvalue weighted by molar-refractivity contribution is 9.10. The van der Waals surface area contributed by atoms with Crippen molar-refractivity contribution in [3.8, 4) is 23.0 Å². The van der Waals surface area contributed by atoms with Crippen LogP contribution in [0.2, 0.25) is 0 Å². The maximum absolute atomic E-state index is 13.4. The average molecular weight is 605 g/mol. The molecular formula is C31H30BrN3O5. The number of aryl methyl sites for hydroxylation is 1. The van der Waals surface area contributed by atoms with Gasteiger partial charge in [0.15, 0.2) is 23.0 Å². The Hall–Kier alpha value is -4.11. The summed E-state index contributed by atoms with van der Waals surface area (Å²) in [6, 6.07) is 15.0. The van der Waals surface area contributed by atoms with E-state index in [2.05, 4.69) is 34.5 Å². The summed E-state index contributed by atoms with van der Waals surface area (Å²) < 4.78 is 25.0. The summed E-state index contributed by atoms with van der Waals surface area (Å²) in [5, 5.41) is 5.10. The standard InChI is InChI=1S/C31H30BrN3O5/c1-4-6-8-29-34-25-11-10-23(32)16-24(25)31(36)35(29)33-17-21-13-22(7-5-2)30(28(15-21)37-3)38-18-20-9-12-26-27(14-20)40-19-39-26/h5,9-17H,2,4,6-8,18-19H2,1,3H3. The Morgan fingerprint density at radius 1 is 1.15 bits per heavy atom. The number of rotatable bonds is 11. The van der Waals surface area contributed by atoms with Gasteiger partial charge in [0, 0.05) is 16.5 Å². The highest BCUT2D eigenvalue weighted by Gasteiger charge is 2.16. The average Bonchev–Trinajstić information content (AvgIpc) is 3.43. The van der Waals surface area contributed by atoms with Crippen LogP contribution in [0.4, 0.5) is 0 Å². The van der Waals surface area contributed by atoms with E-state index in [4.69, 9.17) is 23.9 Å². The van der Waals surface area contributed by atoms with E-state index in [1.807, 2.05) is 48.5 Å². The van der Waals surface area contributed by atoms with Crippen LogP contribution in [-0.2, 0) is 19.4 Å². The quantitative estimate of drug-likeness (QED) is 0.145. The molecule has 0 spiro atoms. The minimum Gasteiger partial charge on any atom is -0.493 e. The van der Waals surface area contributed by atoms with Gasteiger partial charge in [0.1, 0.15) is 12.4 Å². The molecule has 0 atom stereocenters. The molecule has 4 aromatic rings. The molecule has 0 amide bonds. The van der Waals surface area contributed by atoms with Gasteiger partial charge >= 0.3 is 0 Å². The van der Waals surface area contributed by atoms with Crippen molar-refractivity contribution in [3.63, 3.8) is 0 Å². The molecule has 1 aromatic heterocycles. The fourth-order valence-corrected chi connectivity index (χ4v) is 4.86. The first-order chi connectivity index (χ1) is 19.5. The van der Waals surface area contributed by atoms with Crippen molar-refractivity contribution in [2.45, 2.75) is 39.2 Å². The van der Waals surface area contributed by atoms with E-state index in [9.17, 15) is 4.79 Å². The molecule has 3 aromatic carbocycles. The van der Waals surface area contributed by atoms with Crippen molar-refractivity contribution in [2.75, 3.05) is 13.9 Å². The van der Waals surface area contributed by atoms with Gasteiger partial charge in [-0.15, -0.1) is 6.58 Å². The molecule has 206 valence electrons. The zero-order valence-electron chi connectivity index (χ0n) is 22.5. The lowest BCUT2D eigenvalue weighted by Gasteiger charge is -2.16. The van der Waals surface area contributed by atoms with E-state index in [-0.39, 0.29) is 12.4 Å². The van der Waals surface area contributed by atoms with E-state index < -0.39 is 0 Å². The molecule has 0 radical (unpaired) electrons. The van der Waals surface area contributed by atoms with Gasteiger partial charge < -0.3 is 18.9 Å². The second kappa shape index (κ2) is 12.4. The van der Waals surface area contributed by atoms with Crippen LogP contribution in [0.15, 0.2) is 75.6 Å². The fourth-order valence-electron chi connectivity index (χ4n) is 4.50. The van der Waals surface area contributed by atoms with Crippen LogP contribution in [0.3, 0.4) is 0 Å². The first kappa shape index (κ1) is 27.5. The Morgan fingerprint density at radius 3 is 2.80 bits per heavy atom. The van der Waals surface area contributed by atoms with E-state index in [1.165, 1.54) is 4.68 Å². The number of benzene rings is 3. The monoisotopic (exact) mass is 603 g/mol. The normalized spacial score (nSPS) is 12.3. The molecule has 2 heterocycles. The molecule has 0 saturated carbocycles. The highest BCUT2D eigenvalue weighted by Crippen LogP contribution is 2.36. The van der Waals surface area contributed by atoms with Gasteiger partial charge in [-0.25, -0.2) is 4.98 Å². The molecular weight excluding hydrogens is 574 g/mol. The predicted molar refractivity (Wildman–Crippen MR) is 159 cm³/mol. The topological polar surface area (TPSA) is 84.2 Å². The number of halogens is 1. The third kappa shape index (κ3) is 5.89. The summed E-state index contributed by atoms with van der Waals surface area (Å²) in [6.07, 6.45) is 6.54.